The molecule has 0 unspecified atom stereocenters. The Kier molecular flexibility index (Phi) is 3.42. The molecule has 5 nitrogen and oxygen atoms in total. The van der Waals surface area contributed by atoms with Crippen molar-refractivity contribution in [2.75, 3.05) is 0 Å². The van der Waals surface area contributed by atoms with E-state index in [2.05, 4.69) is 35.2 Å². The number of rotatable bonds is 4. The summed E-state index contributed by atoms with van der Waals surface area (Å²) < 4.78 is 4.54. The summed E-state index contributed by atoms with van der Waals surface area (Å²) in [7, 11) is 1.93. The van der Waals surface area contributed by atoms with E-state index >= 15 is 0 Å². The summed E-state index contributed by atoms with van der Waals surface area (Å²) in [6.07, 6.45) is 1.95. The zero-order chi connectivity index (χ0) is 12.4. The van der Waals surface area contributed by atoms with E-state index < -0.39 is 0 Å². The van der Waals surface area contributed by atoms with Gasteiger partial charge in [-0.05, 0) is 31.1 Å². The van der Waals surface area contributed by atoms with Crippen molar-refractivity contribution in [3.63, 3.8) is 0 Å². The zero-order valence-corrected chi connectivity index (χ0v) is 11.2. The quantitative estimate of drug-likeness (QED) is 0.848. The Labute approximate surface area is 105 Å². The second-order valence-corrected chi connectivity index (χ2v) is 4.39. The zero-order valence-electron chi connectivity index (χ0n) is 10.4. The molecule has 2 rings (SSSR count). The van der Waals surface area contributed by atoms with Crippen LogP contribution in [0.3, 0.4) is 0 Å². The average molecular weight is 251 g/mol. The number of nitrogens with one attached hydrogen (secondary N) is 1. The lowest BCUT2D eigenvalue weighted by Crippen LogP contribution is -2.03. The van der Waals surface area contributed by atoms with E-state index in [1.165, 1.54) is 0 Å². The summed E-state index contributed by atoms with van der Waals surface area (Å²) in [6.45, 7) is 5.09. The Bertz CT molecular complexity index is 563. The molecule has 0 saturated heterocycles. The normalized spacial score (nSPS) is 11.0. The Balaban J connectivity index is 2.52. The molecule has 0 amide bonds. The maximum absolute atomic E-state index is 5.23. The number of aryl methyl sites for hydroxylation is 2. The SMILES string of the molecule is CCCn1c(-c2cc(CC)nn2C)n[nH]c1=S. The van der Waals surface area contributed by atoms with Crippen molar-refractivity contribution in [3.8, 4) is 11.5 Å². The summed E-state index contributed by atoms with van der Waals surface area (Å²) in [5, 5.41) is 11.6. The minimum atomic E-state index is 0.668. The van der Waals surface area contributed by atoms with Crippen LogP contribution < -0.4 is 0 Å². The second kappa shape index (κ2) is 4.83. The fraction of sp³-hybridized carbons (Fsp3) is 0.545. The first-order valence-electron chi connectivity index (χ1n) is 5.85. The van der Waals surface area contributed by atoms with Crippen molar-refractivity contribution < 1.29 is 0 Å². The lowest BCUT2D eigenvalue weighted by atomic mass is 10.3. The van der Waals surface area contributed by atoms with Gasteiger partial charge in [0.05, 0.1) is 5.69 Å². The lowest BCUT2D eigenvalue weighted by molar-refractivity contribution is 0.665. The monoisotopic (exact) mass is 251 g/mol. The first kappa shape index (κ1) is 12.0. The number of aromatic nitrogens is 5. The first-order valence-corrected chi connectivity index (χ1v) is 6.26. The van der Waals surface area contributed by atoms with Crippen molar-refractivity contribution >= 4 is 12.2 Å². The van der Waals surface area contributed by atoms with E-state index in [9.17, 15) is 0 Å². The maximum Gasteiger partial charge on any atom is 0.195 e. The van der Waals surface area contributed by atoms with Crippen LogP contribution in [0.15, 0.2) is 6.07 Å². The van der Waals surface area contributed by atoms with E-state index in [1.807, 2.05) is 16.3 Å². The molecule has 92 valence electrons. The number of hydrogen-bond acceptors (Lipinski definition) is 3. The van der Waals surface area contributed by atoms with Crippen molar-refractivity contribution in [2.45, 2.75) is 33.2 Å². The fourth-order valence-corrected chi connectivity index (χ4v) is 2.08. The van der Waals surface area contributed by atoms with Gasteiger partial charge in [-0.3, -0.25) is 14.3 Å². The predicted molar refractivity (Wildman–Crippen MR) is 69.3 cm³/mol. The van der Waals surface area contributed by atoms with Crippen LogP contribution in [0.4, 0.5) is 0 Å². The third kappa shape index (κ3) is 2.17. The molecule has 0 aromatic carbocycles. The third-order valence-electron chi connectivity index (χ3n) is 2.73. The van der Waals surface area contributed by atoms with Gasteiger partial charge in [0.1, 0.15) is 5.69 Å². The van der Waals surface area contributed by atoms with Gasteiger partial charge in [-0.25, -0.2) is 0 Å². The van der Waals surface area contributed by atoms with E-state index in [-0.39, 0.29) is 0 Å². The van der Waals surface area contributed by atoms with Crippen LogP contribution in [0.2, 0.25) is 0 Å². The molecule has 17 heavy (non-hydrogen) atoms. The number of nitrogens with zero attached hydrogens (tertiary/aromatic N) is 4. The van der Waals surface area contributed by atoms with Crippen LogP contribution in [0.25, 0.3) is 11.5 Å². The Morgan fingerprint density at radius 2 is 2.18 bits per heavy atom. The highest BCUT2D eigenvalue weighted by Crippen LogP contribution is 2.18. The predicted octanol–water partition coefficient (Wildman–Crippen LogP) is 2.31. The molecule has 0 atom stereocenters. The molecule has 2 aromatic rings. The van der Waals surface area contributed by atoms with E-state index in [1.54, 1.807) is 0 Å². The molecular weight excluding hydrogens is 234 g/mol. The second-order valence-electron chi connectivity index (χ2n) is 4.00. The van der Waals surface area contributed by atoms with Crippen LogP contribution in [0.1, 0.15) is 26.0 Å². The first-order chi connectivity index (χ1) is 8.17. The molecule has 6 heteroatoms. The van der Waals surface area contributed by atoms with E-state index in [4.69, 9.17) is 12.2 Å². The van der Waals surface area contributed by atoms with Crippen molar-refractivity contribution in [2.24, 2.45) is 7.05 Å². The molecule has 0 bridgehead atoms. The molecule has 0 fully saturated rings. The summed E-state index contributed by atoms with van der Waals surface area (Å²) in [5.41, 5.74) is 2.07. The van der Waals surface area contributed by atoms with Crippen LogP contribution in [0, 0.1) is 4.77 Å². The molecule has 2 heterocycles. The maximum atomic E-state index is 5.23. The summed E-state index contributed by atoms with van der Waals surface area (Å²) >= 11 is 5.23. The van der Waals surface area contributed by atoms with Crippen molar-refractivity contribution in [1.29, 1.82) is 0 Å². The lowest BCUT2D eigenvalue weighted by Gasteiger charge is -2.04. The molecular formula is C11H17N5S. The molecule has 1 N–H and O–H groups in total. The summed E-state index contributed by atoms with van der Waals surface area (Å²) in [4.78, 5) is 0. The number of H-pyrrole nitrogens is 1. The standard InChI is InChI=1S/C11H17N5S/c1-4-6-16-10(12-13-11(16)17)9-7-8(5-2)14-15(9)3/h7H,4-6H2,1-3H3,(H,13,17). The molecule has 0 spiro atoms. The minimum absolute atomic E-state index is 0.668. The third-order valence-corrected chi connectivity index (χ3v) is 3.04. The number of hydrogen-bond donors (Lipinski definition) is 1. The Morgan fingerprint density at radius 1 is 1.41 bits per heavy atom. The highest BCUT2D eigenvalue weighted by atomic mass is 32.1. The van der Waals surface area contributed by atoms with Gasteiger partial charge < -0.3 is 0 Å². The largest absolute Gasteiger partial charge is 0.299 e. The molecule has 0 aliphatic rings. The van der Waals surface area contributed by atoms with Gasteiger partial charge in [-0.1, -0.05) is 13.8 Å². The van der Waals surface area contributed by atoms with Gasteiger partial charge in [0.2, 0.25) is 0 Å². The van der Waals surface area contributed by atoms with Gasteiger partial charge in [0.25, 0.3) is 0 Å². The molecule has 0 aliphatic heterocycles. The highest BCUT2D eigenvalue weighted by molar-refractivity contribution is 7.71. The Hall–Kier alpha value is -1.43. The van der Waals surface area contributed by atoms with Gasteiger partial charge in [0, 0.05) is 13.6 Å². The average Bonchev–Trinajstić information content (AvgIpc) is 2.84. The van der Waals surface area contributed by atoms with Gasteiger partial charge in [-0.2, -0.15) is 10.2 Å². The van der Waals surface area contributed by atoms with Gasteiger partial charge >= 0.3 is 0 Å². The van der Waals surface area contributed by atoms with Crippen LogP contribution in [-0.4, -0.2) is 24.5 Å². The fourth-order valence-electron chi connectivity index (χ4n) is 1.85. The number of aromatic amines is 1. The molecule has 0 aliphatic carbocycles. The summed E-state index contributed by atoms with van der Waals surface area (Å²) in [6, 6.07) is 2.07. The van der Waals surface area contributed by atoms with Crippen LogP contribution in [0.5, 0.6) is 0 Å². The van der Waals surface area contributed by atoms with Gasteiger partial charge in [0.15, 0.2) is 10.6 Å². The topological polar surface area (TPSA) is 51.4 Å². The van der Waals surface area contributed by atoms with Crippen LogP contribution >= 0.6 is 12.2 Å². The smallest absolute Gasteiger partial charge is 0.195 e. The summed E-state index contributed by atoms with van der Waals surface area (Å²) in [5.74, 6) is 0.867. The van der Waals surface area contributed by atoms with Gasteiger partial charge in [-0.15, -0.1) is 0 Å². The molecule has 0 saturated carbocycles. The molecule has 2 aromatic heterocycles. The molecule has 0 radical (unpaired) electrons. The van der Waals surface area contributed by atoms with E-state index in [0.717, 1.165) is 36.6 Å². The van der Waals surface area contributed by atoms with E-state index in [0.29, 0.717) is 4.77 Å². The minimum Gasteiger partial charge on any atom is -0.299 e. The Morgan fingerprint density at radius 3 is 2.76 bits per heavy atom. The highest BCUT2D eigenvalue weighted by Gasteiger charge is 2.13. The van der Waals surface area contributed by atoms with Crippen molar-refractivity contribution in [1.82, 2.24) is 24.5 Å². The van der Waals surface area contributed by atoms with Crippen LogP contribution in [-0.2, 0) is 20.0 Å². The van der Waals surface area contributed by atoms with Crippen molar-refractivity contribution in [3.05, 3.63) is 16.5 Å².